The third-order valence-corrected chi connectivity index (χ3v) is 4.36. The van der Waals surface area contributed by atoms with E-state index in [1.807, 2.05) is 12.3 Å². The molecule has 0 radical (unpaired) electrons. The summed E-state index contributed by atoms with van der Waals surface area (Å²) in [4.78, 5) is 16.3. The van der Waals surface area contributed by atoms with E-state index < -0.39 is 5.60 Å². The Hall–Kier alpha value is -1.46. The van der Waals surface area contributed by atoms with E-state index in [4.69, 9.17) is 9.47 Å². The van der Waals surface area contributed by atoms with E-state index in [0.717, 1.165) is 18.7 Å². The van der Waals surface area contributed by atoms with Crippen LogP contribution in [0.4, 0.5) is 0 Å². The number of ether oxygens (including phenoxy) is 2. The number of nitrogens with zero attached hydrogens (tertiary/aromatic N) is 1. The maximum atomic E-state index is 11.7. The highest BCUT2D eigenvalue weighted by Gasteiger charge is 2.45. The summed E-state index contributed by atoms with van der Waals surface area (Å²) >= 11 is 0. The first kappa shape index (κ1) is 13.5. The Morgan fingerprint density at radius 2 is 2.30 bits per heavy atom. The fraction of sp³-hybridized carbons (Fsp3) is 0.600. The van der Waals surface area contributed by atoms with E-state index >= 15 is 0 Å². The van der Waals surface area contributed by atoms with E-state index in [1.165, 1.54) is 11.1 Å². The van der Waals surface area contributed by atoms with Crippen molar-refractivity contribution in [2.24, 2.45) is 0 Å². The molecule has 1 N–H and O–H groups in total. The minimum atomic E-state index is -0.435. The largest absolute Gasteiger partial charge is 0.374 e. The molecule has 0 aliphatic carbocycles. The molecule has 1 atom stereocenters. The zero-order valence-electron chi connectivity index (χ0n) is 11.9. The summed E-state index contributed by atoms with van der Waals surface area (Å²) in [6.45, 7) is 3.88. The summed E-state index contributed by atoms with van der Waals surface area (Å²) in [5.74, 6) is 0.340. The smallest absolute Gasteiger partial charge is 0.220 e. The molecular weight excluding hydrogens is 256 g/mol. The number of piperidine rings is 1. The molecule has 3 heterocycles. The van der Waals surface area contributed by atoms with Gasteiger partial charge in [-0.25, -0.2) is 0 Å². The Balaban J connectivity index is 2.02. The van der Waals surface area contributed by atoms with Crippen molar-refractivity contribution in [2.75, 3.05) is 26.9 Å². The monoisotopic (exact) mass is 276 g/mol. The van der Waals surface area contributed by atoms with Gasteiger partial charge in [0.15, 0.2) is 5.60 Å². The maximum Gasteiger partial charge on any atom is 0.220 e. The van der Waals surface area contributed by atoms with Gasteiger partial charge in [0.05, 0.1) is 18.9 Å². The van der Waals surface area contributed by atoms with Crippen LogP contribution in [0.1, 0.15) is 35.6 Å². The summed E-state index contributed by atoms with van der Waals surface area (Å²) in [5.41, 5.74) is 2.87. The molecule has 3 rings (SSSR count). The van der Waals surface area contributed by atoms with Crippen molar-refractivity contribution in [1.29, 1.82) is 0 Å². The maximum absolute atomic E-state index is 11.7. The number of amides is 1. The van der Waals surface area contributed by atoms with E-state index in [0.29, 0.717) is 19.6 Å². The lowest BCUT2D eigenvalue weighted by molar-refractivity contribution is -0.205. The van der Waals surface area contributed by atoms with Crippen molar-refractivity contribution in [2.45, 2.75) is 31.3 Å². The number of carbonyl (C=O) groups excluding carboxylic acids is 1. The molecule has 20 heavy (non-hydrogen) atoms. The molecule has 0 saturated carbocycles. The van der Waals surface area contributed by atoms with Gasteiger partial charge >= 0.3 is 0 Å². The Kier molecular flexibility index (Phi) is 3.48. The van der Waals surface area contributed by atoms with Crippen LogP contribution >= 0.6 is 0 Å². The third-order valence-electron chi connectivity index (χ3n) is 4.36. The number of aromatic nitrogens is 1. The number of hydrogen-bond acceptors (Lipinski definition) is 4. The van der Waals surface area contributed by atoms with Gasteiger partial charge in [-0.3, -0.25) is 9.78 Å². The van der Waals surface area contributed by atoms with Crippen molar-refractivity contribution in [1.82, 2.24) is 10.3 Å². The first-order valence-corrected chi connectivity index (χ1v) is 7.02. The van der Waals surface area contributed by atoms with E-state index in [-0.39, 0.29) is 11.8 Å². The number of methoxy groups -OCH3 is 1. The summed E-state index contributed by atoms with van der Waals surface area (Å²) in [7, 11) is 1.70. The lowest BCUT2D eigenvalue weighted by Gasteiger charge is -2.41. The van der Waals surface area contributed by atoms with Crippen molar-refractivity contribution >= 4 is 5.91 Å². The molecule has 2 fully saturated rings. The highest BCUT2D eigenvalue weighted by atomic mass is 16.6. The van der Waals surface area contributed by atoms with Crippen LogP contribution in [0.5, 0.6) is 0 Å². The van der Waals surface area contributed by atoms with Crippen LogP contribution < -0.4 is 5.32 Å². The molecule has 0 bridgehead atoms. The minimum Gasteiger partial charge on any atom is -0.374 e. The van der Waals surface area contributed by atoms with Gasteiger partial charge < -0.3 is 14.8 Å². The molecule has 0 aromatic carbocycles. The predicted molar refractivity (Wildman–Crippen MR) is 73.5 cm³/mol. The van der Waals surface area contributed by atoms with Gasteiger partial charge in [-0.15, -0.1) is 0 Å². The highest BCUT2D eigenvalue weighted by Crippen LogP contribution is 2.39. The molecule has 5 nitrogen and oxygen atoms in total. The normalized spacial score (nSPS) is 24.9. The van der Waals surface area contributed by atoms with Crippen molar-refractivity contribution in [3.05, 3.63) is 29.1 Å². The summed E-state index contributed by atoms with van der Waals surface area (Å²) < 4.78 is 11.0. The van der Waals surface area contributed by atoms with Crippen LogP contribution in [0.2, 0.25) is 0 Å². The summed E-state index contributed by atoms with van der Waals surface area (Å²) in [6.07, 6.45) is 3.29. The lowest BCUT2D eigenvalue weighted by atomic mass is 9.81. The lowest BCUT2D eigenvalue weighted by Crippen LogP contribution is -2.50. The Morgan fingerprint density at radius 1 is 1.50 bits per heavy atom. The van der Waals surface area contributed by atoms with Gasteiger partial charge in [-0.1, -0.05) is 0 Å². The number of nitrogens with one attached hydrogen (secondary N) is 1. The van der Waals surface area contributed by atoms with E-state index in [2.05, 4.69) is 17.2 Å². The molecule has 5 heteroatoms. The number of hydrogen-bond donors (Lipinski definition) is 1. The average molecular weight is 276 g/mol. The topological polar surface area (TPSA) is 60.5 Å². The Morgan fingerprint density at radius 3 is 2.90 bits per heavy atom. The second-order valence-corrected chi connectivity index (χ2v) is 5.62. The molecule has 108 valence electrons. The summed E-state index contributed by atoms with van der Waals surface area (Å²) in [5, 5.41) is 2.89. The van der Waals surface area contributed by atoms with E-state index in [1.54, 1.807) is 7.11 Å². The van der Waals surface area contributed by atoms with Crippen LogP contribution in [0.3, 0.4) is 0 Å². The molecule has 0 spiro atoms. The van der Waals surface area contributed by atoms with Crippen molar-refractivity contribution < 1.29 is 14.3 Å². The molecule has 1 unspecified atom stereocenters. The van der Waals surface area contributed by atoms with E-state index in [9.17, 15) is 4.79 Å². The SMILES string of the molecule is COC1(c2nccc(C)c2C2CCNC(=O)C2)COC1. The molecule has 2 aliphatic heterocycles. The molecule has 1 aromatic heterocycles. The first-order valence-electron chi connectivity index (χ1n) is 7.02. The van der Waals surface area contributed by atoms with Gasteiger partial charge in [0.1, 0.15) is 0 Å². The Bertz CT molecular complexity index is 520. The van der Waals surface area contributed by atoms with Crippen LogP contribution in [0.15, 0.2) is 12.3 Å². The number of rotatable bonds is 3. The van der Waals surface area contributed by atoms with Crippen LogP contribution in [0.25, 0.3) is 0 Å². The number of carbonyl (C=O) groups is 1. The fourth-order valence-corrected chi connectivity index (χ4v) is 3.12. The van der Waals surface area contributed by atoms with Gasteiger partial charge in [0.25, 0.3) is 0 Å². The van der Waals surface area contributed by atoms with Gasteiger partial charge in [-0.2, -0.15) is 0 Å². The predicted octanol–water partition coefficient (Wildman–Crippen LogP) is 1.26. The zero-order valence-corrected chi connectivity index (χ0v) is 11.9. The second-order valence-electron chi connectivity index (χ2n) is 5.62. The Labute approximate surface area is 118 Å². The number of pyridine rings is 1. The fourth-order valence-electron chi connectivity index (χ4n) is 3.12. The second kappa shape index (κ2) is 5.14. The molecular formula is C15H20N2O3. The zero-order chi connectivity index (χ0) is 14.2. The van der Waals surface area contributed by atoms with Gasteiger partial charge in [0.2, 0.25) is 5.91 Å². The van der Waals surface area contributed by atoms with Crippen LogP contribution in [-0.4, -0.2) is 37.8 Å². The minimum absolute atomic E-state index is 0.117. The summed E-state index contributed by atoms with van der Waals surface area (Å²) in [6, 6.07) is 2.01. The number of aryl methyl sites for hydroxylation is 1. The molecule has 1 amide bonds. The van der Waals surface area contributed by atoms with Crippen LogP contribution in [-0.2, 0) is 19.9 Å². The van der Waals surface area contributed by atoms with Crippen LogP contribution in [0, 0.1) is 6.92 Å². The van der Waals surface area contributed by atoms with Gasteiger partial charge in [0, 0.05) is 26.3 Å². The van der Waals surface area contributed by atoms with Crippen molar-refractivity contribution in [3.63, 3.8) is 0 Å². The van der Waals surface area contributed by atoms with Gasteiger partial charge in [-0.05, 0) is 36.5 Å². The molecule has 2 aliphatic rings. The average Bonchev–Trinajstić information content (AvgIpc) is 2.38. The first-order chi connectivity index (χ1) is 9.66. The molecule has 2 saturated heterocycles. The standard InChI is InChI=1S/C15H20N2O3/c1-10-3-5-17-14(15(19-2)8-20-9-15)13(10)11-4-6-16-12(18)7-11/h3,5,11H,4,6-9H2,1-2H3,(H,16,18). The quantitative estimate of drug-likeness (QED) is 0.903. The highest BCUT2D eigenvalue weighted by molar-refractivity contribution is 5.77. The third kappa shape index (κ3) is 2.11. The molecule has 1 aromatic rings. The van der Waals surface area contributed by atoms with Crippen molar-refractivity contribution in [3.8, 4) is 0 Å².